The number of hydrogen-bond donors (Lipinski definition) is 1. The molecule has 2 rings (SSSR count). The third-order valence-electron chi connectivity index (χ3n) is 3.35. The van der Waals surface area contributed by atoms with Crippen LogP contribution in [0, 0.1) is 5.92 Å². The number of carbonyl (C=O) groups excluding carboxylic acids is 1. The first kappa shape index (κ1) is 17.3. The molecule has 5 nitrogen and oxygen atoms in total. The van der Waals surface area contributed by atoms with Gasteiger partial charge in [-0.25, -0.2) is 4.99 Å². The fourth-order valence-electron chi connectivity index (χ4n) is 2.46. The predicted octanol–water partition coefficient (Wildman–Crippen LogP) is 2.86. The second-order valence-corrected chi connectivity index (χ2v) is 5.21. The van der Waals surface area contributed by atoms with Gasteiger partial charge < -0.3 is 14.8 Å². The third kappa shape index (κ3) is 4.01. The van der Waals surface area contributed by atoms with Crippen molar-refractivity contribution in [3.63, 3.8) is 0 Å². The molecular formula is C15H16F2N2O3S. The molecule has 1 aliphatic rings. The van der Waals surface area contributed by atoms with Gasteiger partial charge >= 0.3 is 12.6 Å². The summed E-state index contributed by atoms with van der Waals surface area (Å²) in [5, 5.41) is 3.06. The number of aliphatic imine (C=N–C) groups is 1. The van der Waals surface area contributed by atoms with Crippen molar-refractivity contribution in [3.8, 4) is 5.75 Å². The van der Waals surface area contributed by atoms with Crippen LogP contribution in [0.2, 0.25) is 0 Å². The molecule has 0 aromatic heterocycles. The fraction of sp³-hybridized carbons (Fsp3) is 0.400. The summed E-state index contributed by atoms with van der Waals surface area (Å²) in [6, 6.07) is 5.57. The molecule has 1 heterocycles. The SMILES string of the molecule is CCOC(=O)C1C(C)=NC(=S)NC1c1ccccc1OC(F)F. The first-order chi connectivity index (χ1) is 10.9. The van der Waals surface area contributed by atoms with Crippen LogP contribution in [0.3, 0.4) is 0 Å². The van der Waals surface area contributed by atoms with Crippen LogP contribution in [-0.2, 0) is 9.53 Å². The number of para-hydroxylation sites is 1. The first-order valence-corrected chi connectivity index (χ1v) is 7.41. The van der Waals surface area contributed by atoms with E-state index in [9.17, 15) is 13.6 Å². The molecule has 8 heteroatoms. The number of hydrogen-bond acceptors (Lipinski definition) is 4. The van der Waals surface area contributed by atoms with Gasteiger partial charge in [-0.2, -0.15) is 8.78 Å². The Hall–Kier alpha value is -2.09. The van der Waals surface area contributed by atoms with E-state index in [1.165, 1.54) is 6.07 Å². The molecule has 1 aliphatic heterocycles. The molecule has 0 saturated carbocycles. The topological polar surface area (TPSA) is 59.9 Å². The monoisotopic (exact) mass is 342 g/mol. The lowest BCUT2D eigenvalue weighted by molar-refractivity contribution is -0.146. The molecule has 1 aromatic rings. The number of rotatable bonds is 5. The van der Waals surface area contributed by atoms with Gasteiger partial charge in [0, 0.05) is 11.3 Å². The number of nitrogens with one attached hydrogen (secondary N) is 1. The van der Waals surface area contributed by atoms with E-state index in [0.29, 0.717) is 11.3 Å². The summed E-state index contributed by atoms with van der Waals surface area (Å²) in [6.45, 7) is 0.573. The van der Waals surface area contributed by atoms with Gasteiger partial charge in [0.25, 0.3) is 0 Å². The minimum absolute atomic E-state index is 0.0215. The second kappa shape index (κ2) is 7.45. The fourth-order valence-corrected chi connectivity index (χ4v) is 2.73. The van der Waals surface area contributed by atoms with E-state index in [4.69, 9.17) is 17.0 Å². The Morgan fingerprint density at radius 3 is 2.78 bits per heavy atom. The van der Waals surface area contributed by atoms with Crippen LogP contribution in [-0.4, -0.2) is 30.0 Å². The predicted molar refractivity (Wildman–Crippen MR) is 84.8 cm³/mol. The lowest BCUT2D eigenvalue weighted by atomic mass is 9.88. The van der Waals surface area contributed by atoms with Gasteiger partial charge in [-0.3, -0.25) is 4.79 Å². The molecule has 0 bridgehead atoms. The maximum atomic E-state index is 12.6. The number of thiocarbonyl (C=S) groups is 1. The van der Waals surface area contributed by atoms with Crippen molar-refractivity contribution in [2.24, 2.45) is 10.9 Å². The molecule has 0 spiro atoms. The summed E-state index contributed by atoms with van der Waals surface area (Å²) in [7, 11) is 0. The number of ether oxygens (including phenoxy) is 2. The van der Waals surface area contributed by atoms with Crippen LogP contribution in [0.15, 0.2) is 29.3 Å². The molecule has 0 aliphatic carbocycles. The van der Waals surface area contributed by atoms with Crippen LogP contribution in [0.1, 0.15) is 25.5 Å². The Kier molecular flexibility index (Phi) is 5.59. The smallest absolute Gasteiger partial charge is 0.387 e. The van der Waals surface area contributed by atoms with Gasteiger partial charge in [-0.15, -0.1) is 0 Å². The summed E-state index contributed by atoms with van der Waals surface area (Å²) in [6.07, 6.45) is 0. The molecule has 1 aromatic carbocycles. The second-order valence-electron chi connectivity index (χ2n) is 4.83. The van der Waals surface area contributed by atoms with Crippen molar-refractivity contribution < 1.29 is 23.0 Å². The van der Waals surface area contributed by atoms with Crippen molar-refractivity contribution in [2.75, 3.05) is 6.61 Å². The number of esters is 1. The summed E-state index contributed by atoms with van der Waals surface area (Å²) < 4.78 is 34.8. The standard InChI is InChI=1S/C15H16F2N2O3S/c1-3-21-13(20)11-8(2)18-15(23)19-12(11)9-6-4-5-7-10(9)22-14(16)17/h4-7,11-12,14H,3H2,1-2H3,(H,19,23). The summed E-state index contributed by atoms with van der Waals surface area (Å²) >= 11 is 5.06. The Labute approximate surface area is 137 Å². The lowest BCUT2D eigenvalue weighted by Gasteiger charge is -2.31. The molecule has 1 N–H and O–H groups in total. The van der Waals surface area contributed by atoms with E-state index in [2.05, 4.69) is 15.0 Å². The molecule has 23 heavy (non-hydrogen) atoms. The van der Waals surface area contributed by atoms with E-state index in [1.54, 1.807) is 32.0 Å². The molecule has 2 atom stereocenters. The molecule has 124 valence electrons. The third-order valence-corrected chi connectivity index (χ3v) is 3.56. The number of benzene rings is 1. The molecular weight excluding hydrogens is 326 g/mol. The van der Waals surface area contributed by atoms with E-state index in [1.807, 2.05) is 0 Å². The Morgan fingerprint density at radius 1 is 1.43 bits per heavy atom. The molecule has 0 amide bonds. The molecule has 2 unspecified atom stereocenters. The van der Waals surface area contributed by atoms with Crippen LogP contribution >= 0.6 is 12.2 Å². The average molecular weight is 342 g/mol. The maximum Gasteiger partial charge on any atom is 0.387 e. The van der Waals surface area contributed by atoms with Gasteiger partial charge in [-0.1, -0.05) is 18.2 Å². The molecule has 0 radical (unpaired) electrons. The quantitative estimate of drug-likeness (QED) is 0.659. The van der Waals surface area contributed by atoms with Crippen molar-refractivity contribution in [3.05, 3.63) is 29.8 Å². The largest absolute Gasteiger partial charge is 0.465 e. The Morgan fingerprint density at radius 2 is 2.13 bits per heavy atom. The number of halogens is 2. The minimum atomic E-state index is -2.97. The van der Waals surface area contributed by atoms with Crippen molar-refractivity contribution >= 4 is 29.0 Å². The van der Waals surface area contributed by atoms with Gasteiger partial charge in [-0.05, 0) is 32.1 Å². The van der Waals surface area contributed by atoms with Crippen molar-refractivity contribution in [2.45, 2.75) is 26.5 Å². The number of carbonyl (C=O) groups is 1. The van der Waals surface area contributed by atoms with Crippen LogP contribution in [0.4, 0.5) is 8.78 Å². The van der Waals surface area contributed by atoms with E-state index < -0.39 is 24.5 Å². The number of alkyl halides is 2. The first-order valence-electron chi connectivity index (χ1n) is 7.00. The minimum Gasteiger partial charge on any atom is -0.465 e. The van der Waals surface area contributed by atoms with Gasteiger partial charge in [0.15, 0.2) is 5.11 Å². The van der Waals surface area contributed by atoms with Crippen LogP contribution in [0.5, 0.6) is 5.75 Å². The zero-order chi connectivity index (χ0) is 17.0. The van der Waals surface area contributed by atoms with E-state index >= 15 is 0 Å². The Balaban J connectivity index is 2.44. The number of nitrogens with zero attached hydrogens (tertiary/aromatic N) is 1. The Bertz CT molecular complexity index is 637. The zero-order valence-corrected chi connectivity index (χ0v) is 13.4. The van der Waals surface area contributed by atoms with E-state index in [0.717, 1.165) is 0 Å². The lowest BCUT2D eigenvalue weighted by Crippen LogP contribution is -2.44. The molecule has 0 fully saturated rings. The van der Waals surface area contributed by atoms with Gasteiger partial charge in [0.05, 0.1) is 12.6 Å². The summed E-state index contributed by atoms with van der Waals surface area (Å²) in [5.74, 6) is -1.29. The van der Waals surface area contributed by atoms with Crippen LogP contribution in [0.25, 0.3) is 0 Å². The van der Waals surface area contributed by atoms with Gasteiger partial charge in [0.1, 0.15) is 11.7 Å². The normalized spacial score (nSPS) is 20.7. The maximum absolute atomic E-state index is 12.6. The highest BCUT2D eigenvalue weighted by molar-refractivity contribution is 7.80. The highest BCUT2D eigenvalue weighted by atomic mass is 32.1. The van der Waals surface area contributed by atoms with Gasteiger partial charge in [0.2, 0.25) is 0 Å². The van der Waals surface area contributed by atoms with E-state index in [-0.39, 0.29) is 17.5 Å². The average Bonchev–Trinajstić information content (AvgIpc) is 2.46. The van der Waals surface area contributed by atoms with Crippen molar-refractivity contribution in [1.29, 1.82) is 0 Å². The molecule has 0 saturated heterocycles. The van der Waals surface area contributed by atoms with Crippen LogP contribution < -0.4 is 10.1 Å². The summed E-state index contributed by atoms with van der Waals surface area (Å²) in [4.78, 5) is 16.3. The zero-order valence-electron chi connectivity index (χ0n) is 12.6. The summed E-state index contributed by atoms with van der Waals surface area (Å²) in [5.41, 5.74) is 0.853. The highest BCUT2D eigenvalue weighted by Gasteiger charge is 2.38. The highest BCUT2D eigenvalue weighted by Crippen LogP contribution is 2.34. The van der Waals surface area contributed by atoms with Crippen molar-refractivity contribution in [1.82, 2.24) is 5.32 Å².